The summed E-state index contributed by atoms with van der Waals surface area (Å²) in [5.41, 5.74) is 0. The molecule has 0 heterocycles. The molecule has 4 nitrogen and oxygen atoms in total. The Balaban J connectivity index is 2.01. The summed E-state index contributed by atoms with van der Waals surface area (Å²) < 4.78 is 0. The molecule has 0 spiro atoms. The molecule has 0 aromatic heterocycles. The molecule has 5 heteroatoms. The highest BCUT2D eigenvalue weighted by atomic mass is 32.2. The Labute approximate surface area is 126 Å². The Morgan fingerprint density at radius 1 is 1.05 bits per heavy atom. The maximum absolute atomic E-state index is 11.1. The number of rotatable bonds is 7. The van der Waals surface area contributed by atoms with E-state index in [0.29, 0.717) is 5.75 Å². The van der Waals surface area contributed by atoms with Crippen molar-refractivity contribution < 1.29 is 19.8 Å². The van der Waals surface area contributed by atoms with E-state index in [1.807, 2.05) is 42.5 Å². The van der Waals surface area contributed by atoms with Crippen LogP contribution in [0.4, 0.5) is 0 Å². The Morgan fingerprint density at radius 3 is 2.43 bits per heavy atom. The second-order valence-electron chi connectivity index (χ2n) is 4.79. The summed E-state index contributed by atoms with van der Waals surface area (Å²) >= 11 is 1.45. The summed E-state index contributed by atoms with van der Waals surface area (Å²) in [5.74, 6) is -2.17. The van der Waals surface area contributed by atoms with E-state index < -0.39 is 17.9 Å². The molecule has 1 atom stereocenters. The van der Waals surface area contributed by atoms with Crippen LogP contribution in [0.1, 0.15) is 12.8 Å². The van der Waals surface area contributed by atoms with E-state index in [9.17, 15) is 9.59 Å². The lowest BCUT2D eigenvalue weighted by Gasteiger charge is -2.11. The van der Waals surface area contributed by atoms with Gasteiger partial charge in [-0.2, -0.15) is 0 Å². The van der Waals surface area contributed by atoms with Gasteiger partial charge in [-0.25, -0.2) is 0 Å². The van der Waals surface area contributed by atoms with Gasteiger partial charge in [0.05, 0.1) is 5.92 Å². The highest BCUT2D eigenvalue weighted by molar-refractivity contribution is 7.99. The first kappa shape index (κ1) is 15.4. The molecule has 0 saturated carbocycles. The van der Waals surface area contributed by atoms with E-state index in [1.54, 1.807) is 0 Å². The number of carboxylic acid groups (broad SMARTS) is 2. The number of hydrogen-bond donors (Lipinski definition) is 2. The molecule has 110 valence electrons. The van der Waals surface area contributed by atoms with Crippen LogP contribution < -0.4 is 0 Å². The summed E-state index contributed by atoms with van der Waals surface area (Å²) in [4.78, 5) is 22.7. The fraction of sp³-hybridized carbons (Fsp3) is 0.250. The van der Waals surface area contributed by atoms with Gasteiger partial charge < -0.3 is 10.2 Å². The first-order valence-corrected chi connectivity index (χ1v) is 7.61. The molecule has 0 saturated heterocycles. The van der Waals surface area contributed by atoms with Crippen molar-refractivity contribution in [2.24, 2.45) is 5.92 Å². The van der Waals surface area contributed by atoms with Crippen LogP contribution in [0.15, 0.2) is 47.4 Å². The van der Waals surface area contributed by atoms with Crippen LogP contribution in [0.25, 0.3) is 10.8 Å². The molecule has 2 N–H and O–H groups in total. The van der Waals surface area contributed by atoms with Crippen molar-refractivity contribution in [1.29, 1.82) is 0 Å². The Hall–Kier alpha value is -2.01. The maximum atomic E-state index is 11.1. The van der Waals surface area contributed by atoms with Crippen LogP contribution in [0.3, 0.4) is 0 Å². The monoisotopic (exact) mass is 304 g/mol. The van der Waals surface area contributed by atoms with Crippen molar-refractivity contribution >= 4 is 34.5 Å². The van der Waals surface area contributed by atoms with Crippen molar-refractivity contribution in [2.75, 3.05) is 5.75 Å². The topological polar surface area (TPSA) is 74.6 Å². The van der Waals surface area contributed by atoms with Crippen LogP contribution >= 0.6 is 11.8 Å². The van der Waals surface area contributed by atoms with Crippen molar-refractivity contribution in [1.82, 2.24) is 0 Å². The van der Waals surface area contributed by atoms with Gasteiger partial charge in [0.1, 0.15) is 0 Å². The van der Waals surface area contributed by atoms with Gasteiger partial charge in [0.2, 0.25) is 0 Å². The van der Waals surface area contributed by atoms with Gasteiger partial charge in [0.25, 0.3) is 0 Å². The standard InChI is InChI=1S/C16H16O4S/c17-15(18)8-6-13(16(19)20)10-21-14-7-5-11-3-1-2-4-12(11)9-14/h1-5,7,9,13H,6,8,10H2,(H,17,18)(H,19,20). The highest BCUT2D eigenvalue weighted by Crippen LogP contribution is 2.26. The van der Waals surface area contributed by atoms with Gasteiger partial charge in [-0.1, -0.05) is 30.3 Å². The number of aliphatic carboxylic acids is 2. The second kappa shape index (κ2) is 7.13. The first-order chi connectivity index (χ1) is 10.1. The van der Waals surface area contributed by atoms with Crippen LogP contribution in [-0.4, -0.2) is 27.9 Å². The lowest BCUT2D eigenvalue weighted by molar-refractivity contribution is -0.142. The number of thioether (sulfide) groups is 1. The predicted molar refractivity (Wildman–Crippen MR) is 82.7 cm³/mol. The average molecular weight is 304 g/mol. The zero-order valence-electron chi connectivity index (χ0n) is 11.4. The normalized spacial score (nSPS) is 12.2. The Morgan fingerprint density at radius 2 is 1.76 bits per heavy atom. The maximum Gasteiger partial charge on any atom is 0.307 e. The number of carbonyl (C=O) groups is 2. The van der Waals surface area contributed by atoms with Crippen LogP contribution in [0, 0.1) is 5.92 Å². The molecule has 21 heavy (non-hydrogen) atoms. The fourth-order valence-corrected chi connectivity index (χ4v) is 3.11. The molecule has 0 bridgehead atoms. The number of hydrogen-bond acceptors (Lipinski definition) is 3. The molecule has 1 unspecified atom stereocenters. The summed E-state index contributed by atoms with van der Waals surface area (Å²) in [6.45, 7) is 0. The van der Waals surface area contributed by atoms with E-state index in [0.717, 1.165) is 15.7 Å². The molecule has 0 fully saturated rings. The molecular weight excluding hydrogens is 288 g/mol. The third-order valence-electron chi connectivity index (χ3n) is 3.23. The average Bonchev–Trinajstić information content (AvgIpc) is 2.46. The third kappa shape index (κ3) is 4.49. The second-order valence-corrected chi connectivity index (χ2v) is 5.88. The smallest absolute Gasteiger partial charge is 0.307 e. The van der Waals surface area contributed by atoms with E-state index in [4.69, 9.17) is 10.2 Å². The first-order valence-electron chi connectivity index (χ1n) is 6.62. The largest absolute Gasteiger partial charge is 0.481 e. The summed E-state index contributed by atoms with van der Waals surface area (Å²) in [5, 5.41) is 20.0. The van der Waals surface area contributed by atoms with Crippen LogP contribution in [0.2, 0.25) is 0 Å². The summed E-state index contributed by atoms with van der Waals surface area (Å²) in [6.07, 6.45) is 0.0422. The van der Waals surface area contributed by atoms with Crippen LogP contribution in [0.5, 0.6) is 0 Å². The number of benzene rings is 2. The third-order valence-corrected chi connectivity index (χ3v) is 4.38. The minimum absolute atomic E-state index is 0.116. The van der Waals surface area contributed by atoms with Gasteiger partial charge in [0, 0.05) is 17.1 Å². The lowest BCUT2D eigenvalue weighted by Crippen LogP contribution is -2.17. The molecular formula is C16H16O4S. The van der Waals surface area contributed by atoms with Gasteiger partial charge in [-0.3, -0.25) is 9.59 Å². The molecule has 0 amide bonds. The Bertz CT molecular complexity index is 654. The molecule has 0 aliphatic heterocycles. The zero-order chi connectivity index (χ0) is 15.2. The fourth-order valence-electron chi connectivity index (χ4n) is 2.03. The van der Waals surface area contributed by atoms with Crippen molar-refractivity contribution in [3.05, 3.63) is 42.5 Å². The van der Waals surface area contributed by atoms with Gasteiger partial charge in [0.15, 0.2) is 0 Å². The molecule has 2 aromatic carbocycles. The van der Waals surface area contributed by atoms with Gasteiger partial charge >= 0.3 is 11.9 Å². The molecule has 0 aliphatic carbocycles. The molecule has 2 aromatic rings. The van der Waals surface area contributed by atoms with Crippen LogP contribution in [-0.2, 0) is 9.59 Å². The SMILES string of the molecule is O=C(O)CCC(CSc1ccc2ccccc2c1)C(=O)O. The van der Waals surface area contributed by atoms with Crippen molar-refractivity contribution in [3.8, 4) is 0 Å². The Kier molecular flexibility index (Phi) is 5.22. The zero-order valence-corrected chi connectivity index (χ0v) is 12.2. The molecule has 0 radical (unpaired) electrons. The van der Waals surface area contributed by atoms with Gasteiger partial charge in [-0.15, -0.1) is 11.8 Å². The lowest BCUT2D eigenvalue weighted by atomic mass is 10.1. The minimum atomic E-state index is -0.961. The predicted octanol–water partition coefficient (Wildman–Crippen LogP) is 3.50. The quantitative estimate of drug-likeness (QED) is 0.766. The summed E-state index contributed by atoms with van der Waals surface area (Å²) in [6, 6.07) is 14.0. The molecule has 2 rings (SSSR count). The minimum Gasteiger partial charge on any atom is -0.481 e. The number of carboxylic acids is 2. The van der Waals surface area contributed by atoms with E-state index in [-0.39, 0.29) is 12.8 Å². The molecule has 0 aliphatic rings. The van der Waals surface area contributed by atoms with E-state index in [2.05, 4.69) is 0 Å². The highest BCUT2D eigenvalue weighted by Gasteiger charge is 2.19. The van der Waals surface area contributed by atoms with Crippen molar-refractivity contribution in [3.63, 3.8) is 0 Å². The van der Waals surface area contributed by atoms with E-state index >= 15 is 0 Å². The van der Waals surface area contributed by atoms with Crippen molar-refractivity contribution in [2.45, 2.75) is 17.7 Å². The number of fused-ring (bicyclic) bond motifs is 1. The van der Waals surface area contributed by atoms with E-state index in [1.165, 1.54) is 11.8 Å². The van der Waals surface area contributed by atoms with Gasteiger partial charge in [-0.05, 0) is 29.3 Å². The summed E-state index contributed by atoms with van der Waals surface area (Å²) in [7, 11) is 0.